The molecule has 1 spiro atoms. The smallest absolute Gasteiger partial charge is 0.320 e. The van der Waals surface area contributed by atoms with Crippen molar-refractivity contribution in [1.29, 1.82) is 0 Å². The molecule has 1 unspecified atom stereocenters. The number of pyridine rings is 1. The molecular formula is C28H36F2N4O2. The SMILES string of the molecule is N[C@@H]1CCN(C(=O)N2CCC(Cn3ccc(C(F)F)cc3=O)C3(CCCC3)C2)[C@H](c2ccccc2)C1. The number of halogens is 2. The minimum atomic E-state index is -2.65. The van der Waals surface area contributed by atoms with Gasteiger partial charge in [0.1, 0.15) is 0 Å². The van der Waals surface area contributed by atoms with Crippen LogP contribution in [0.15, 0.2) is 53.5 Å². The number of hydrogen-bond acceptors (Lipinski definition) is 3. The van der Waals surface area contributed by atoms with Gasteiger partial charge >= 0.3 is 6.03 Å². The lowest BCUT2D eigenvalue weighted by Crippen LogP contribution is -2.56. The third kappa shape index (κ3) is 4.92. The lowest BCUT2D eigenvalue weighted by Gasteiger charge is -2.49. The van der Waals surface area contributed by atoms with Crippen LogP contribution in [-0.4, -0.2) is 46.1 Å². The largest absolute Gasteiger partial charge is 0.328 e. The number of benzene rings is 1. The Hall–Kier alpha value is -2.74. The molecule has 8 heteroatoms. The van der Waals surface area contributed by atoms with Crippen molar-refractivity contribution in [3.05, 3.63) is 70.1 Å². The van der Waals surface area contributed by atoms with Crippen LogP contribution in [0.25, 0.3) is 0 Å². The highest BCUT2D eigenvalue weighted by atomic mass is 19.3. The third-order valence-electron chi connectivity index (χ3n) is 8.75. The van der Waals surface area contributed by atoms with Crippen molar-refractivity contribution >= 4 is 6.03 Å². The molecule has 2 aromatic rings. The summed E-state index contributed by atoms with van der Waals surface area (Å²) in [6.07, 6.45) is 5.50. The van der Waals surface area contributed by atoms with Crippen LogP contribution in [0.5, 0.6) is 0 Å². The lowest BCUT2D eigenvalue weighted by molar-refractivity contribution is 0.0215. The fourth-order valence-corrected chi connectivity index (χ4v) is 6.74. The molecule has 194 valence electrons. The van der Waals surface area contributed by atoms with Gasteiger partial charge < -0.3 is 20.1 Å². The second kappa shape index (κ2) is 10.3. The summed E-state index contributed by atoms with van der Waals surface area (Å²) in [6.45, 7) is 2.48. The highest BCUT2D eigenvalue weighted by Gasteiger charge is 2.47. The number of nitrogens with zero attached hydrogens (tertiary/aromatic N) is 3. The predicted octanol–water partition coefficient (Wildman–Crippen LogP) is 4.95. The van der Waals surface area contributed by atoms with Gasteiger partial charge in [-0.25, -0.2) is 13.6 Å². The molecule has 5 rings (SSSR count). The van der Waals surface area contributed by atoms with E-state index in [1.165, 1.54) is 12.3 Å². The van der Waals surface area contributed by atoms with Gasteiger partial charge in [0.25, 0.3) is 12.0 Å². The molecule has 0 bridgehead atoms. The quantitative estimate of drug-likeness (QED) is 0.648. The Labute approximate surface area is 211 Å². The molecule has 1 aromatic carbocycles. The molecule has 2 saturated heterocycles. The Morgan fingerprint density at radius 1 is 1.08 bits per heavy atom. The van der Waals surface area contributed by atoms with Crippen LogP contribution in [0.2, 0.25) is 0 Å². The fourth-order valence-electron chi connectivity index (χ4n) is 6.74. The average molecular weight is 499 g/mol. The number of nitrogens with two attached hydrogens (primary N) is 1. The summed E-state index contributed by atoms with van der Waals surface area (Å²) in [5, 5.41) is 0. The summed E-state index contributed by atoms with van der Waals surface area (Å²) in [7, 11) is 0. The Morgan fingerprint density at radius 2 is 1.83 bits per heavy atom. The van der Waals surface area contributed by atoms with E-state index in [0.29, 0.717) is 26.2 Å². The van der Waals surface area contributed by atoms with Gasteiger partial charge in [-0.1, -0.05) is 43.2 Å². The molecule has 2 N–H and O–H groups in total. The van der Waals surface area contributed by atoms with Gasteiger partial charge in [-0.2, -0.15) is 0 Å². The second-order valence-electron chi connectivity index (χ2n) is 10.9. The Kier molecular flexibility index (Phi) is 7.15. The molecule has 6 nitrogen and oxygen atoms in total. The summed E-state index contributed by atoms with van der Waals surface area (Å²) in [5.74, 6) is 0.235. The van der Waals surface area contributed by atoms with Crippen molar-refractivity contribution in [3.8, 4) is 0 Å². The normalized spacial score (nSPS) is 26.1. The van der Waals surface area contributed by atoms with E-state index in [9.17, 15) is 18.4 Å². The van der Waals surface area contributed by atoms with Crippen LogP contribution in [0, 0.1) is 11.3 Å². The first-order chi connectivity index (χ1) is 17.4. The van der Waals surface area contributed by atoms with Gasteiger partial charge in [0.2, 0.25) is 0 Å². The number of alkyl halides is 2. The number of carbonyl (C=O) groups excluding carboxylic acids is 1. The highest BCUT2D eigenvalue weighted by Crippen LogP contribution is 2.49. The van der Waals surface area contributed by atoms with Gasteiger partial charge in [0.05, 0.1) is 6.04 Å². The zero-order valence-corrected chi connectivity index (χ0v) is 20.7. The highest BCUT2D eigenvalue weighted by molar-refractivity contribution is 5.75. The molecule has 2 amide bonds. The predicted molar refractivity (Wildman–Crippen MR) is 135 cm³/mol. The van der Waals surface area contributed by atoms with Gasteiger partial charge in [-0.05, 0) is 55.1 Å². The summed E-state index contributed by atoms with van der Waals surface area (Å²) in [4.78, 5) is 30.5. The molecule has 3 aliphatic rings. The van der Waals surface area contributed by atoms with Crippen molar-refractivity contribution in [3.63, 3.8) is 0 Å². The molecule has 3 heterocycles. The first-order valence-electron chi connectivity index (χ1n) is 13.2. The number of carbonyl (C=O) groups is 1. The molecule has 3 fully saturated rings. The van der Waals surface area contributed by atoms with Crippen molar-refractivity contribution in [1.82, 2.24) is 14.4 Å². The number of aromatic nitrogens is 1. The molecule has 3 atom stereocenters. The maximum Gasteiger partial charge on any atom is 0.320 e. The Bertz CT molecular complexity index is 1120. The van der Waals surface area contributed by atoms with Gasteiger partial charge in [0.15, 0.2) is 0 Å². The number of piperidine rings is 2. The Morgan fingerprint density at radius 3 is 2.53 bits per heavy atom. The Balaban J connectivity index is 1.34. The summed E-state index contributed by atoms with van der Waals surface area (Å²) >= 11 is 0. The van der Waals surface area contributed by atoms with E-state index < -0.39 is 6.43 Å². The second-order valence-corrected chi connectivity index (χ2v) is 10.9. The maximum absolute atomic E-state index is 13.9. The third-order valence-corrected chi connectivity index (χ3v) is 8.75. The molecular weight excluding hydrogens is 462 g/mol. The number of rotatable bonds is 4. The van der Waals surface area contributed by atoms with E-state index in [1.807, 2.05) is 28.0 Å². The summed E-state index contributed by atoms with van der Waals surface area (Å²) in [6, 6.07) is 12.7. The van der Waals surface area contributed by atoms with E-state index in [1.54, 1.807) is 4.57 Å². The van der Waals surface area contributed by atoms with Crippen LogP contribution in [0.1, 0.15) is 68.5 Å². The number of hydrogen-bond donors (Lipinski definition) is 1. The minimum absolute atomic E-state index is 0.0216. The van der Waals surface area contributed by atoms with Crippen LogP contribution >= 0.6 is 0 Å². The maximum atomic E-state index is 13.9. The van der Waals surface area contributed by atoms with E-state index in [2.05, 4.69) is 12.1 Å². The first kappa shape index (κ1) is 24.9. The molecule has 0 radical (unpaired) electrons. The average Bonchev–Trinajstić information content (AvgIpc) is 3.35. The minimum Gasteiger partial charge on any atom is -0.328 e. The van der Waals surface area contributed by atoms with E-state index >= 15 is 0 Å². The molecule has 36 heavy (non-hydrogen) atoms. The summed E-state index contributed by atoms with van der Waals surface area (Å²) in [5.41, 5.74) is 6.78. The van der Waals surface area contributed by atoms with E-state index in [-0.39, 0.29) is 40.6 Å². The van der Waals surface area contributed by atoms with Gasteiger partial charge in [-0.15, -0.1) is 0 Å². The zero-order chi connectivity index (χ0) is 25.3. The monoisotopic (exact) mass is 498 g/mol. The molecule has 1 saturated carbocycles. The van der Waals surface area contributed by atoms with Gasteiger partial charge in [0, 0.05) is 50.0 Å². The zero-order valence-electron chi connectivity index (χ0n) is 20.7. The van der Waals surface area contributed by atoms with E-state index in [0.717, 1.165) is 56.6 Å². The number of amides is 2. The van der Waals surface area contributed by atoms with Crippen molar-refractivity contribution in [2.75, 3.05) is 19.6 Å². The topological polar surface area (TPSA) is 71.6 Å². The fraction of sp³-hybridized carbons (Fsp3) is 0.571. The van der Waals surface area contributed by atoms with Crippen LogP contribution in [0.4, 0.5) is 13.6 Å². The summed E-state index contributed by atoms with van der Waals surface area (Å²) < 4.78 is 27.6. The molecule has 1 aliphatic carbocycles. The lowest BCUT2D eigenvalue weighted by atomic mass is 9.69. The van der Waals surface area contributed by atoms with E-state index in [4.69, 9.17) is 5.73 Å². The standard InChI is InChI=1S/C28H36F2N4O2/c29-26(30)21-8-13-32(25(35)16-21)18-22-9-14-33(19-28(22)11-4-5-12-28)27(36)34-15-10-23(31)17-24(34)20-6-2-1-3-7-20/h1-3,6-8,13,16,22-24,26H,4-5,9-12,14-15,17-19,31H2/t22?,23-,24+/m1/s1. The molecule has 1 aromatic heterocycles. The van der Waals surface area contributed by atoms with Crippen LogP contribution < -0.4 is 11.3 Å². The van der Waals surface area contributed by atoms with Gasteiger partial charge in [-0.3, -0.25) is 4.79 Å². The van der Waals surface area contributed by atoms with Crippen LogP contribution in [-0.2, 0) is 6.54 Å². The molecule has 2 aliphatic heterocycles. The first-order valence-corrected chi connectivity index (χ1v) is 13.2. The van der Waals surface area contributed by atoms with Crippen molar-refractivity contribution < 1.29 is 13.6 Å². The van der Waals surface area contributed by atoms with Crippen molar-refractivity contribution in [2.24, 2.45) is 17.1 Å². The number of likely N-dealkylation sites (tertiary alicyclic amines) is 2. The van der Waals surface area contributed by atoms with Crippen LogP contribution in [0.3, 0.4) is 0 Å². The van der Waals surface area contributed by atoms with Crippen molar-refractivity contribution in [2.45, 2.75) is 70.0 Å². The number of urea groups is 1.